The molecular formula is C21H23BrFN3O3S. The Hall–Kier alpha value is -2.26. The first-order valence-corrected chi connectivity index (χ1v) is 11.8. The molecule has 9 heteroatoms. The van der Waals surface area contributed by atoms with Crippen LogP contribution in [0.15, 0.2) is 56.8 Å². The Morgan fingerprint density at radius 3 is 2.67 bits per heavy atom. The van der Waals surface area contributed by atoms with Crippen LogP contribution in [0.3, 0.4) is 0 Å². The number of fused-ring (bicyclic) bond motifs is 1. The third-order valence-electron chi connectivity index (χ3n) is 5.16. The van der Waals surface area contributed by atoms with E-state index < -0.39 is 21.9 Å². The van der Waals surface area contributed by atoms with Gasteiger partial charge >= 0.3 is 0 Å². The van der Waals surface area contributed by atoms with Crippen LogP contribution in [0.2, 0.25) is 0 Å². The van der Waals surface area contributed by atoms with Crippen molar-refractivity contribution in [3.63, 3.8) is 0 Å². The molecule has 0 saturated heterocycles. The fourth-order valence-electron chi connectivity index (χ4n) is 3.24. The van der Waals surface area contributed by atoms with Crippen LogP contribution in [-0.2, 0) is 21.4 Å². The minimum Gasteiger partial charge on any atom is -0.339 e. The number of carbonyl (C=O) groups excluding carboxylic acids is 1. The molecule has 2 atom stereocenters. The van der Waals surface area contributed by atoms with E-state index in [1.165, 1.54) is 17.0 Å². The third kappa shape index (κ3) is 4.57. The van der Waals surface area contributed by atoms with Crippen molar-refractivity contribution in [3.05, 3.63) is 63.9 Å². The van der Waals surface area contributed by atoms with E-state index in [-0.39, 0.29) is 29.1 Å². The van der Waals surface area contributed by atoms with E-state index in [4.69, 9.17) is 0 Å². The van der Waals surface area contributed by atoms with Crippen LogP contribution in [-0.4, -0.2) is 38.2 Å². The van der Waals surface area contributed by atoms with Gasteiger partial charge in [-0.25, -0.2) is 12.8 Å². The average molecular weight is 496 g/mol. The molecule has 0 unspecified atom stereocenters. The van der Waals surface area contributed by atoms with Crippen molar-refractivity contribution in [3.8, 4) is 0 Å². The molecule has 6 nitrogen and oxygen atoms in total. The summed E-state index contributed by atoms with van der Waals surface area (Å²) in [5.41, 5.74) is 0.821. The Kier molecular flexibility index (Phi) is 6.62. The minimum atomic E-state index is -3.70. The SMILES string of the molecule is CC[C@H](C)[C@H](N=C1NS(=O)(=O)c2ccccc21)C(=O)N(C)Cc1cc(Br)ccc1F. The normalized spacial score (nSPS) is 17.8. The number of amidine groups is 1. The number of likely N-dealkylation sites (N-methyl/N-ethyl adjacent to an activating group) is 1. The lowest BCUT2D eigenvalue weighted by molar-refractivity contribution is -0.132. The van der Waals surface area contributed by atoms with Crippen molar-refractivity contribution in [1.29, 1.82) is 0 Å². The number of aliphatic imine (C=N–C) groups is 1. The number of hydrogen-bond acceptors (Lipinski definition) is 4. The second kappa shape index (κ2) is 8.85. The van der Waals surface area contributed by atoms with Crippen LogP contribution in [0.25, 0.3) is 0 Å². The fraction of sp³-hybridized carbons (Fsp3) is 0.333. The summed E-state index contributed by atoms with van der Waals surface area (Å²) in [6.07, 6.45) is 0.667. The van der Waals surface area contributed by atoms with Gasteiger partial charge in [-0.05, 0) is 36.2 Å². The summed E-state index contributed by atoms with van der Waals surface area (Å²) in [4.78, 5) is 19.3. The predicted molar refractivity (Wildman–Crippen MR) is 117 cm³/mol. The van der Waals surface area contributed by atoms with Crippen LogP contribution in [0.5, 0.6) is 0 Å². The maximum absolute atomic E-state index is 14.1. The second-order valence-corrected chi connectivity index (χ2v) is 9.91. The first kappa shape index (κ1) is 22.4. The number of nitrogens with zero attached hydrogens (tertiary/aromatic N) is 2. The molecule has 2 aromatic rings. The van der Waals surface area contributed by atoms with E-state index in [0.29, 0.717) is 17.5 Å². The fourth-order valence-corrected chi connectivity index (χ4v) is 4.89. The highest BCUT2D eigenvalue weighted by Gasteiger charge is 2.34. The molecule has 160 valence electrons. The molecule has 1 N–H and O–H groups in total. The van der Waals surface area contributed by atoms with Gasteiger partial charge in [0.15, 0.2) is 0 Å². The van der Waals surface area contributed by atoms with E-state index >= 15 is 0 Å². The molecular weight excluding hydrogens is 473 g/mol. The number of nitrogens with one attached hydrogen (secondary N) is 1. The summed E-state index contributed by atoms with van der Waals surface area (Å²) >= 11 is 3.31. The summed E-state index contributed by atoms with van der Waals surface area (Å²) in [5, 5.41) is 0. The lowest BCUT2D eigenvalue weighted by Crippen LogP contribution is -2.40. The van der Waals surface area contributed by atoms with E-state index in [1.807, 2.05) is 13.8 Å². The molecule has 2 aromatic carbocycles. The monoisotopic (exact) mass is 495 g/mol. The molecule has 0 aromatic heterocycles. The zero-order chi connectivity index (χ0) is 22.1. The Morgan fingerprint density at radius 1 is 1.27 bits per heavy atom. The quantitative estimate of drug-likeness (QED) is 0.663. The first-order chi connectivity index (χ1) is 14.1. The van der Waals surface area contributed by atoms with E-state index in [2.05, 4.69) is 25.6 Å². The van der Waals surface area contributed by atoms with Crippen LogP contribution < -0.4 is 4.72 Å². The number of carbonyl (C=O) groups is 1. The molecule has 0 bridgehead atoms. The van der Waals surface area contributed by atoms with Crippen LogP contribution >= 0.6 is 15.9 Å². The molecule has 0 spiro atoms. The highest BCUT2D eigenvalue weighted by molar-refractivity contribution is 9.10. The van der Waals surface area contributed by atoms with Crippen molar-refractivity contribution in [1.82, 2.24) is 9.62 Å². The number of sulfonamides is 1. The van der Waals surface area contributed by atoms with Crippen LogP contribution in [0.4, 0.5) is 4.39 Å². The molecule has 3 rings (SSSR count). The zero-order valence-corrected chi connectivity index (χ0v) is 19.3. The Labute approximate surface area is 184 Å². The van der Waals surface area contributed by atoms with Gasteiger partial charge in [-0.2, -0.15) is 0 Å². The minimum absolute atomic E-state index is 0.0736. The zero-order valence-electron chi connectivity index (χ0n) is 16.9. The predicted octanol–water partition coefficient (Wildman–Crippen LogP) is 3.70. The van der Waals surface area contributed by atoms with E-state index in [0.717, 1.165) is 4.47 Å². The second-order valence-electron chi connectivity index (χ2n) is 7.34. The van der Waals surface area contributed by atoms with Gasteiger partial charge in [-0.1, -0.05) is 48.3 Å². The van der Waals surface area contributed by atoms with Crippen molar-refractivity contribution in [2.45, 2.75) is 37.8 Å². The molecule has 1 amide bonds. The van der Waals surface area contributed by atoms with Crippen molar-refractivity contribution in [2.24, 2.45) is 10.9 Å². The van der Waals surface area contributed by atoms with Crippen molar-refractivity contribution in [2.75, 3.05) is 7.05 Å². The largest absolute Gasteiger partial charge is 0.339 e. The summed E-state index contributed by atoms with van der Waals surface area (Å²) in [6.45, 7) is 3.89. The smallest absolute Gasteiger partial charge is 0.263 e. The molecule has 1 heterocycles. The van der Waals surface area contributed by atoms with Gasteiger partial charge < -0.3 is 4.90 Å². The van der Waals surface area contributed by atoms with E-state index in [1.54, 1.807) is 37.4 Å². The molecule has 0 aliphatic carbocycles. The summed E-state index contributed by atoms with van der Waals surface area (Å²) < 4.78 is 42.0. The average Bonchev–Trinajstić information content (AvgIpc) is 2.98. The lowest BCUT2D eigenvalue weighted by atomic mass is 9.98. The van der Waals surface area contributed by atoms with Gasteiger partial charge in [-0.3, -0.25) is 14.5 Å². The van der Waals surface area contributed by atoms with Gasteiger partial charge in [0.25, 0.3) is 10.0 Å². The molecule has 1 aliphatic heterocycles. The molecule has 0 saturated carbocycles. The first-order valence-electron chi connectivity index (χ1n) is 9.53. The highest BCUT2D eigenvalue weighted by atomic mass is 79.9. The number of hydrogen-bond donors (Lipinski definition) is 1. The third-order valence-corrected chi connectivity index (χ3v) is 7.05. The van der Waals surface area contributed by atoms with Gasteiger partial charge in [0.2, 0.25) is 5.91 Å². The Morgan fingerprint density at radius 2 is 1.97 bits per heavy atom. The molecule has 0 radical (unpaired) electrons. The lowest BCUT2D eigenvalue weighted by Gasteiger charge is -2.25. The standard InChI is InChI=1S/C21H23BrFN3O3S/c1-4-13(2)19(21(27)26(3)12-14-11-15(22)9-10-17(14)23)24-20-16-7-5-6-8-18(16)30(28,29)25-20/h5-11,13,19H,4,12H2,1-3H3,(H,24,25)/t13-,19-/m0/s1. The number of benzene rings is 2. The number of halogens is 2. The number of rotatable bonds is 6. The topological polar surface area (TPSA) is 78.8 Å². The summed E-state index contributed by atoms with van der Waals surface area (Å²) in [7, 11) is -2.11. The summed E-state index contributed by atoms with van der Waals surface area (Å²) in [5.74, 6) is -0.690. The molecule has 0 fully saturated rings. The van der Waals surface area contributed by atoms with E-state index in [9.17, 15) is 17.6 Å². The number of amides is 1. The van der Waals surface area contributed by atoms with Crippen LogP contribution in [0, 0.1) is 11.7 Å². The highest BCUT2D eigenvalue weighted by Crippen LogP contribution is 2.25. The van der Waals surface area contributed by atoms with Gasteiger partial charge in [0.05, 0.1) is 4.90 Å². The van der Waals surface area contributed by atoms with Crippen molar-refractivity contribution >= 4 is 37.7 Å². The molecule has 1 aliphatic rings. The Balaban J connectivity index is 1.92. The van der Waals surface area contributed by atoms with Crippen molar-refractivity contribution < 1.29 is 17.6 Å². The van der Waals surface area contributed by atoms with Gasteiger partial charge in [-0.15, -0.1) is 0 Å². The molecule has 30 heavy (non-hydrogen) atoms. The van der Waals surface area contributed by atoms with Gasteiger partial charge in [0.1, 0.15) is 17.7 Å². The summed E-state index contributed by atoms with van der Waals surface area (Å²) in [6, 6.07) is 10.3. The van der Waals surface area contributed by atoms with Crippen LogP contribution in [0.1, 0.15) is 31.4 Å². The Bertz CT molecular complexity index is 1100. The maximum atomic E-state index is 14.1. The maximum Gasteiger partial charge on any atom is 0.263 e. The van der Waals surface area contributed by atoms with Gasteiger partial charge in [0, 0.05) is 29.2 Å².